The Morgan fingerprint density at radius 3 is 0.747 bits per heavy atom. The first-order chi connectivity index (χ1) is 41.0. The van der Waals surface area contributed by atoms with E-state index in [1.807, 2.05) is 0 Å². The van der Waals surface area contributed by atoms with Crippen molar-refractivity contribution in [3.05, 3.63) is 109 Å². The first-order valence-corrected chi connectivity index (χ1v) is 35.4. The van der Waals surface area contributed by atoms with Crippen LogP contribution in [-0.2, 0) is 28.6 Å². The highest BCUT2D eigenvalue weighted by Crippen LogP contribution is 2.17. The maximum atomic E-state index is 13.0. The van der Waals surface area contributed by atoms with Gasteiger partial charge in [-0.1, -0.05) is 310 Å². The largest absolute Gasteiger partial charge is 0.462 e. The Morgan fingerprint density at radius 1 is 0.253 bits per heavy atom. The van der Waals surface area contributed by atoms with Gasteiger partial charge in [-0.3, -0.25) is 14.4 Å². The van der Waals surface area contributed by atoms with E-state index in [4.69, 9.17) is 14.2 Å². The molecule has 0 rings (SSSR count). The zero-order valence-corrected chi connectivity index (χ0v) is 54.7. The number of carbonyl (C=O) groups is 3. The fraction of sp³-hybridized carbons (Fsp3) is 0.727. The highest BCUT2D eigenvalue weighted by atomic mass is 16.6. The summed E-state index contributed by atoms with van der Waals surface area (Å²) in [6, 6.07) is 0. The number of esters is 3. The number of hydrogen-bond acceptors (Lipinski definition) is 6. The number of ether oxygens (including phenoxy) is 3. The molecule has 0 aliphatic rings. The smallest absolute Gasteiger partial charge is 0.306 e. The van der Waals surface area contributed by atoms with Gasteiger partial charge in [0.25, 0.3) is 0 Å². The Balaban J connectivity index is 4.33. The van der Waals surface area contributed by atoms with Crippen molar-refractivity contribution in [1.82, 2.24) is 0 Å². The van der Waals surface area contributed by atoms with Gasteiger partial charge < -0.3 is 14.2 Å². The lowest BCUT2D eigenvalue weighted by Crippen LogP contribution is -2.30. The van der Waals surface area contributed by atoms with Crippen molar-refractivity contribution >= 4 is 17.9 Å². The number of allylic oxidation sites excluding steroid dienone is 18. The van der Waals surface area contributed by atoms with Gasteiger partial charge in [-0.25, -0.2) is 0 Å². The zero-order valence-electron chi connectivity index (χ0n) is 54.7. The quantitative estimate of drug-likeness (QED) is 0.0261. The van der Waals surface area contributed by atoms with Gasteiger partial charge in [-0.05, 0) is 122 Å². The Morgan fingerprint density at radius 2 is 0.470 bits per heavy atom. The maximum Gasteiger partial charge on any atom is 0.306 e. The van der Waals surface area contributed by atoms with Gasteiger partial charge >= 0.3 is 17.9 Å². The van der Waals surface area contributed by atoms with E-state index >= 15 is 0 Å². The molecule has 0 aliphatic heterocycles. The van der Waals surface area contributed by atoms with E-state index in [2.05, 4.69) is 130 Å². The molecule has 0 heterocycles. The molecule has 0 N–H and O–H groups in total. The molecule has 83 heavy (non-hydrogen) atoms. The molecular formula is C77H132O6. The molecule has 0 fully saturated rings. The second-order valence-electron chi connectivity index (χ2n) is 23.4. The van der Waals surface area contributed by atoms with Crippen LogP contribution in [0.3, 0.4) is 0 Å². The molecule has 0 amide bonds. The fourth-order valence-electron chi connectivity index (χ4n) is 10.0. The minimum atomic E-state index is -0.795. The molecule has 6 nitrogen and oxygen atoms in total. The maximum absolute atomic E-state index is 13.0. The molecular weight excluding hydrogens is 1020 g/mol. The van der Waals surface area contributed by atoms with E-state index in [1.165, 1.54) is 167 Å². The van der Waals surface area contributed by atoms with Gasteiger partial charge in [-0.2, -0.15) is 0 Å². The summed E-state index contributed by atoms with van der Waals surface area (Å²) in [6.07, 6.45) is 96.9. The third-order valence-corrected chi connectivity index (χ3v) is 15.2. The van der Waals surface area contributed by atoms with E-state index < -0.39 is 6.10 Å². The fourth-order valence-corrected chi connectivity index (χ4v) is 10.0. The van der Waals surface area contributed by atoms with Crippen LogP contribution in [0.4, 0.5) is 0 Å². The van der Waals surface area contributed by atoms with Crippen LogP contribution in [0.25, 0.3) is 0 Å². The Kier molecular flexibility index (Phi) is 67.2. The van der Waals surface area contributed by atoms with Gasteiger partial charge in [0.2, 0.25) is 0 Å². The van der Waals surface area contributed by atoms with Crippen molar-refractivity contribution in [1.29, 1.82) is 0 Å². The molecule has 0 aromatic carbocycles. The van der Waals surface area contributed by atoms with Crippen LogP contribution in [0, 0.1) is 0 Å². The third-order valence-electron chi connectivity index (χ3n) is 15.2. The summed E-state index contributed by atoms with van der Waals surface area (Å²) in [4.78, 5) is 38.5. The monoisotopic (exact) mass is 1150 g/mol. The predicted octanol–water partition coefficient (Wildman–Crippen LogP) is 24.6. The van der Waals surface area contributed by atoms with Crippen LogP contribution in [0.2, 0.25) is 0 Å². The number of unbranched alkanes of at least 4 members (excludes halogenated alkanes) is 35. The lowest BCUT2D eigenvalue weighted by Gasteiger charge is -2.18. The minimum absolute atomic E-state index is 0.0875. The average Bonchev–Trinajstić information content (AvgIpc) is 3.49. The van der Waals surface area contributed by atoms with Crippen molar-refractivity contribution in [2.45, 2.75) is 348 Å². The number of hydrogen-bond donors (Lipinski definition) is 0. The number of carbonyl (C=O) groups excluding carboxylic acids is 3. The van der Waals surface area contributed by atoms with Crippen LogP contribution in [0.1, 0.15) is 342 Å². The lowest BCUT2D eigenvalue weighted by molar-refractivity contribution is -0.167. The van der Waals surface area contributed by atoms with Crippen LogP contribution in [0.15, 0.2) is 109 Å². The SMILES string of the molecule is CC/C=C\C/C=C\C/C=C\C/C=C\C/C=C\CCCCCCCCCC(=O)OC(COC(=O)CCCCCCC/C=C\C/C=C\C/C=C\CC)COC(=O)CCCCCCCCCCCCCCCCC/C=C\CCCCCCCCCC. The summed E-state index contributed by atoms with van der Waals surface area (Å²) in [5.74, 6) is -0.903. The Labute approximate surface area is 514 Å². The van der Waals surface area contributed by atoms with Crippen LogP contribution >= 0.6 is 0 Å². The molecule has 476 valence electrons. The van der Waals surface area contributed by atoms with Gasteiger partial charge in [0, 0.05) is 19.3 Å². The van der Waals surface area contributed by atoms with Crippen molar-refractivity contribution in [2.75, 3.05) is 13.2 Å². The molecule has 0 aliphatic carbocycles. The summed E-state index contributed by atoms with van der Waals surface area (Å²) in [6.45, 7) is 6.43. The molecule has 0 radical (unpaired) electrons. The summed E-state index contributed by atoms with van der Waals surface area (Å²) in [7, 11) is 0. The van der Waals surface area contributed by atoms with Crippen molar-refractivity contribution in [3.8, 4) is 0 Å². The predicted molar refractivity (Wildman–Crippen MR) is 362 cm³/mol. The van der Waals surface area contributed by atoms with Crippen LogP contribution in [0.5, 0.6) is 0 Å². The molecule has 0 bridgehead atoms. The molecule has 0 aromatic rings. The second-order valence-corrected chi connectivity index (χ2v) is 23.4. The molecule has 0 saturated heterocycles. The van der Waals surface area contributed by atoms with Crippen molar-refractivity contribution < 1.29 is 28.6 Å². The van der Waals surface area contributed by atoms with Crippen molar-refractivity contribution in [2.24, 2.45) is 0 Å². The first kappa shape index (κ1) is 79.1. The van der Waals surface area contributed by atoms with Gasteiger partial charge in [0.1, 0.15) is 13.2 Å². The second kappa shape index (κ2) is 70.6. The summed E-state index contributed by atoms with van der Waals surface area (Å²) in [5.41, 5.74) is 0. The van der Waals surface area contributed by atoms with Gasteiger partial charge in [0.05, 0.1) is 0 Å². The number of rotatable bonds is 64. The molecule has 0 saturated carbocycles. The molecule has 0 spiro atoms. The Hall–Kier alpha value is -3.93. The van der Waals surface area contributed by atoms with E-state index in [0.29, 0.717) is 19.3 Å². The van der Waals surface area contributed by atoms with Gasteiger partial charge in [0.15, 0.2) is 6.10 Å². The summed E-state index contributed by atoms with van der Waals surface area (Å²) in [5, 5.41) is 0. The average molecular weight is 1150 g/mol. The molecule has 1 unspecified atom stereocenters. The lowest BCUT2D eigenvalue weighted by atomic mass is 10.0. The molecule has 6 heteroatoms. The summed E-state index contributed by atoms with van der Waals surface area (Å²) >= 11 is 0. The van der Waals surface area contributed by atoms with E-state index in [0.717, 1.165) is 135 Å². The third kappa shape index (κ3) is 68.7. The zero-order chi connectivity index (χ0) is 59.9. The van der Waals surface area contributed by atoms with Crippen LogP contribution < -0.4 is 0 Å². The van der Waals surface area contributed by atoms with Crippen molar-refractivity contribution in [3.63, 3.8) is 0 Å². The van der Waals surface area contributed by atoms with E-state index in [9.17, 15) is 14.4 Å². The normalized spacial score (nSPS) is 12.8. The summed E-state index contributed by atoms with van der Waals surface area (Å²) < 4.78 is 17.0. The highest BCUT2D eigenvalue weighted by Gasteiger charge is 2.19. The van der Waals surface area contributed by atoms with E-state index in [-0.39, 0.29) is 31.1 Å². The van der Waals surface area contributed by atoms with Gasteiger partial charge in [-0.15, -0.1) is 0 Å². The van der Waals surface area contributed by atoms with Crippen LogP contribution in [-0.4, -0.2) is 37.2 Å². The molecule has 0 aromatic heterocycles. The Bertz CT molecular complexity index is 1660. The topological polar surface area (TPSA) is 78.9 Å². The molecule has 1 atom stereocenters. The standard InChI is InChI=1S/C77H132O6/c1-4-7-10-13-16-19-22-25-28-30-32-34-36-37-38-39-41-42-44-46-49-52-55-58-61-64-67-70-76(79)82-73-74(72-81-75(78)69-66-63-60-57-54-51-48-27-24-21-18-15-12-9-6-3)83-77(80)71-68-65-62-59-56-53-50-47-45-43-40-35-33-31-29-26-23-20-17-14-11-8-5-2/h8-9,11-12,17-18,20-21,26-27,29-30,32-33,35,43,45,48,74H,4-7,10,13-16,19,22-25,28,31,34,36-42,44,46-47,49-73H2,1-3H3/b11-8-,12-9-,20-17-,21-18-,29-26-,32-30-,35-33-,45-43-,48-27-. The minimum Gasteiger partial charge on any atom is -0.462 e. The highest BCUT2D eigenvalue weighted by molar-refractivity contribution is 5.71. The van der Waals surface area contributed by atoms with E-state index in [1.54, 1.807) is 0 Å². The first-order valence-electron chi connectivity index (χ1n) is 35.4.